The molecule has 0 spiro atoms. The van der Waals surface area contributed by atoms with E-state index in [4.69, 9.17) is 11.6 Å². The first kappa shape index (κ1) is 13.6. The lowest BCUT2D eigenvalue weighted by atomic mass is 10.1. The van der Waals surface area contributed by atoms with Crippen LogP contribution in [-0.2, 0) is 13.5 Å². The third-order valence-electron chi connectivity index (χ3n) is 2.78. The first-order chi connectivity index (χ1) is 8.69. The van der Waals surface area contributed by atoms with Crippen molar-refractivity contribution < 1.29 is 0 Å². The maximum absolute atomic E-state index is 6.02. The van der Waals surface area contributed by atoms with Gasteiger partial charge < -0.3 is 5.32 Å². The molecule has 0 bridgehead atoms. The first-order valence-electron chi connectivity index (χ1n) is 6.15. The minimum atomic E-state index is 0.326. The minimum Gasteiger partial charge on any atom is -0.309 e. The highest BCUT2D eigenvalue weighted by Crippen LogP contribution is 2.28. The Labute approximate surface area is 117 Å². The highest BCUT2D eigenvalue weighted by Gasteiger charge is 2.14. The third kappa shape index (κ3) is 3.57. The highest BCUT2D eigenvalue weighted by molar-refractivity contribution is 7.16. The van der Waals surface area contributed by atoms with Crippen molar-refractivity contribution in [2.45, 2.75) is 25.8 Å². The van der Waals surface area contributed by atoms with E-state index in [0.29, 0.717) is 6.04 Å². The van der Waals surface area contributed by atoms with Gasteiger partial charge in [0.1, 0.15) is 0 Å². The van der Waals surface area contributed by atoms with Crippen LogP contribution >= 0.6 is 22.9 Å². The molecule has 0 amide bonds. The van der Waals surface area contributed by atoms with E-state index in [2.05, 4.69) is 29.6 Å². The summed E-state index contributed by atoms with van der Waals surface area (Å²) in [5.74, 6) is 0. The van der Waals surface area contributed by atoms with Crippen molar-refractivity contribution in [3.05, 3.63) is 39.3 Å². The van der Waals surface area contributed by atoms with Crippen LogP contribution < -0.4 is 5.32 Å². The molecule has 0 aliphatic carbocycles. The van der Waals surface area contributed by atoms with Crippen LogP contribution in [0.25, 0.3) is 0 Å². The molecular formula is C13H18ClN3S. The number of halogens is 1. The topological polar surface area (TPSA) is 29.9 Å². The van der Waals surface area contributed by atoms with Crippen molar-refractivity contribution in [2.24, 2.45) is 7.05 Å². The van der Waals surface area contributed by atoms with E-state index in [-0.39, 0.29) is 0 Å². The standard InChI is InChI=1S/C13H18ClN3S/c1-3-6-15-11(12-4-5-13(14)18-12)7-10-8-16-17(2)9-10/h4-5,8-9,11,15H,3,6-7H2,1-2H3. The summed E-state index contributed by atoms with van der Waals surface area (Å²) in [5, 5.41) is 7.79. The van der Waals surface area contributed by atoms with E-state index < -0.39 is 0 Å². The molecule has 0 saturated carbocycles. The maximum atomic E-state index is 6.02. The SMILES string of the molecule is CCCNC(Cc1cnn(C)c1)c1ccc(Cl)s1. The zero-order valence-electron chi connectivity index (χ0n) is 10.7. The van der Waals surface area contributed by atoms with E-state index >= 15 is 0 Å². The predicted molar refractivity (Wildman–Crippen MR) is 77.3 cm³/mol. The highest BCUT2D eigenvalue weighted by atomic mass is 35.5. The Hall–Kier alpha value is -0.840. The molecule has 0 aliphatic rings. The van der Waals surface area contributed by atoms with Crippen LogP contribution in [-0.4, -0.2) is 16.3 Å². The summed E-state index contributed by atoms with van der Waals surface area (Å²) in [4.78, 5) is 1.29. The Morgan fingerprint density at radius 2 is 2.33 bits per heavy atom. The molecule has 0 fully saturated rings. The lowest BCUT2D eigenvalue weighted by Gasteiger charge is -2.16. The normalized spacial score (nSPS) is 12.8. The first-order valence-corrected chi connectivity index (χ1v) is 7.34. The van der Waals surface area contributed by atoms with Crippen LogP contribution in [0.4, 0.5) is 0 Å². The predicted octanol–water partition coefficient (Wildman–Crippen LogP) is 3.42. The Morgan fingerprint density at radius 1 is 1.50 bits per heavy atom. The van der Waals surface area contributed by atoms with E-state index in [1.165, 1.54) is 10.4 Å². The summed E-state index contributed by atoms with van der Waals surface area (Å²) >= 11 is 7.67. The minimum absolute atomic E-state index is 0.326. The van der Waals surface area contributed by atoms with Gasteiger partial charge in [-0.25, -0.2) is 0 Å². The number of aromatic nitrogens is 2. The number of hydrogen-bond acceptors (Lipinski definition) is 3. The Morgan fingerprint density at radius 3 is 2.89 bits per heavy atom. The van der Waals surface area contributed by atoms with Crippen molar-refractivity contribution in [1.82, 2.24) is 15.1 Å². The van der Waals surface area contributed by atoms with Gasteiger partial charge in [0.2, 0.25) is 0 Å². The van der Waals surface area contributed by atoms with Gasteiger partial charge in [0.15, 0.2) is 0 Å². The molecule has 1 atom stereocenters. The molecule has 0 aromatic carbocycles. The van der Waals surface area contributed by atoms with Crippen LogP contribution in [0.3, 0.4) is 0 Å². The molecule has 18 heavy (non-hydrogen) atoms. The summed E-state index contributed by atoms with van der Waals surface area (Å²) in [6.07, 6.45) is 6.07. The molecule has 1 unspecified atom stereocenters. The molecular weight excluding hydrogens is 266 g/mol. The summed E-state index contributed by atoms with van der Waals surface area (Å²) in [6.45, 7) is 3.19. The van der Waals surface area contributed by atoms with E-state index in [1.54, 1.807) is 11.3 Å². The van der Waals surface area contributed by atoms with Crippen LogP contribution in [0.5, 0.6) is 0 Å². The van der Waals surface area contributed by atoms with Crippen molar-refractivity contribution in [3.8, 4) is 0 Å². The van der Waals surface area contributed by atoms with E-state index in [1.807, 2.05) is 24.0 Å². The van der Waals surface area contributed by atoms with E-state index in [0.717, 1.165) is 23.7 Å². The number of nitrogens with zero attached hydrogens (tertiary/aromatic N) is 2. The van der Waals surface area contributed by atoms with Crippen molar-refractivity contribution in [3.63, 3.8) is 0 Å². The second-order valence-electron chi connectivity index (χ2n) is 4.37. The average Bonchev–Trinajstić information content (AvgIpc) is 2.93. The third-order valence-corrected chi connectivity index (χ3v) is 4.12. The largest absolute Gasteiger partial charge is 0.309 e. The number of hydrogen-bond donors (Lipinski definition) is 1. The van der Waals surface area contributed by atoms with Gasteiger partial charge in [-0.1, -0.05) is 18.5 Å². The Bertz CT molecular complexity index is 492. The lowest BCUT2D eigenvalue weighted by Crippen LogP contribution is -2.23. The van der Waals surface area contributed by atoms with Gasteiger partial charge in [0.25, 0.3) is 0 Å². The number of rotatable bonds is 6. The molecule has 3 nitrogen and oxygen atoms in total. The smallest absolute Gasteiger partial charge is 0.0931 e. The zero-order chi connectivity index (χ0) is 13.0. The lowest BCUT2D eigenvalue weighted by molar-refractivity contribution is 0.536. The van der Waals surface area contributed by atoms with Gasteiger partial charge in [0, 0.05) is 24.2 Å². The van der Waals surface area contributed by atoms with Gasteiger partial charge >= 0.3 is 0 Å². The molecule has 5 heteroatoms. The maximum Gasteiger partial charge on any atom is 0.0931 e. The monoisotopic (exact) mass is 283 g/mol. The zero-order valence-corrected chi connectivity index (χ0v) is 12.3. The summed E-state index contributed by atoms with van der Waals surface area (Å²) in [5.41, 5.74) is 1.25. The summed E-state index contributed by atoms with van der Waals surface area (Å²) < 4.78 is 2.69. The van der Waals surface area contributed by atoms with Crippen molar-refractivity contribution in [1.29, 1.82) is 0 Å². The van der Waals surface area contributed by atoms with Crippen LogP contribution in [0.2, 0.25) is 4.34 Å². The van der Waals surface area contributed by atoms with Gasteiger partial charge in [0.05, 0.1) is 10.5 Å². The van der Waals surface area contributed by atoms with Gasteiger partial charge in [-0.05, 0) is 37.1 Å². The average molecular weight is 284 g/mol. The quantitative estimate of drug-likeness (QED) is 0.880. The molecule has 2 rings (SSSR count). The Kier molecular flexibility index (Phi) is 4.80. The second-order valence-corrected chi connectivity index (χ2v) is 6.12. The fourth-order valence-corrected chi connectivity index (χ4v) is 3.06. The number of nitrogens with one attached hydrogen (secondary N) is 1. The molecule has 0 aliphatic heterocycles. The molecule has 2 aromatic heterocycles. The summed E-state index contributed by atoms with van der Waals surface area (Å²) in [6, 6.07) is 4.40. The van der Waals surface area contributed by atoms with Crippen LogP contribution in [0.15, 0.2) is 24.5 Å². The van der Waals surface area contributed by atoms with Crippen molar-refractivity contribution >= 4 is 22.9 Å². The molecule has 2 heterocycles. The molecule has 0 radical (unpaired) electrons. The molecule has 0 saturated heterocycles. The molecule has 98 valence electrons. The van der Waals surface area contributed by atoms with Crippen LogP contribution in [0.1, 0.15) is 29.8 Å². The molecule has 2 aromatic rings. The number of thiophene rings is 1. The fraction of sp³-hybridized carbons (Fsp3) is 0.462. The fourth-order valence-electron chi connectivity index (χ4n) is 1.92. The second kappa shape index (κ2) is 6.36. The van der Waals surface area contributed by atoms with Gasteiger partial charge in [-0.3, -0.25) is 4.68 Å². The Balaban J connectivity index is 2.09. The van der Waals surface area contributed by atoms with Gasteiger partial charge in [-0.15, -0.1) is 11.3 Å². The van der Waals surface area contributed by atoms with Gasteiger partial charge in [-0.2, -0.15) is 5.10 Å². The number of aryl methyl sites for hydroxylation is 1. The van der Waals surface area contributed by atoms with Crippen LogP contribution in [0, 0.1) is 0 Å². The van der Waals surface area contributed by atoms with E-state index in [9.17, 15) is 0 Å². The summed E-state index contributed by atoms with van der Waals surface area (Å²) in [7, 11) is 1.94. The van der Waals surface area contributed by atoms with Crippen molar-refractivity contribution in [2.75, 3.05) is 6.54 Å². The molecule has 1 N–H and O–H groups in total.